The van der Waals surface area contributed by atoms with E-state index in [1.165, 1.54) is 42.3 Å². The predicted molar refractivity (Wildman–Crippen MR) is 122 cm³/mol. The number of thiophene rings is 1. The highest BCUT2D eigenvalue weighted by molar-refractivity contribution is 8.18. The first kappa shape index (κ1) is 19.3. The number of amides is 1. The quantitative estimate of drug-likeness (QED) is 0.608. The zero-order valence-corrected chi connectivity index (χ0v) is 18.0. The Morgan fingerprint density at radius 3 is 2.50 bits per heavy atom. The molecule has 0 atom stereocenters. The minimum Gasteiger partial charge on any atom is -0.372 e. The van der Waals surface area contributed by atoms with E-state index in [4.69, 9.17) is 4.99 Å². The summed E-state index contributed by atoms with van der Waals surface area (Å²) in [4.78, 5) is 23.7. The zero-order valence-electron chi connectivity index (χ0n) is 16.4. The summed E-state index contributed by atoms with van der Waals surface area (Å²) in [5, 5.41) is 2.82. The van der Waals surface area contributed by atoms with Crippen LogP contribution in [0.3, 0.4) is 0 Å². The first-order valence-corrected chi connectivity index (χ1v) is 11.5. The van der Waals surface area contributed by atoms with Crippen LogP contribution in [0.4, 0.5) is 11.4 Å². The molecule has 0 bridgehead atoms. The number of aliphatic imine (C=N–C) groups is 1. The molecule has 2 aliphatic heterocycles. The molecule has 1 aromatic heterocycles. The highest BCUT2D eigenvalue weighted by Crippen LogP contribution is 2.35. The highest BCUT2D eigenvalue weighted by atomic mass is 32.2. The maximum atomic E-state index is 12.8. The van der Waals surface area contributed by atoms with Gasteiger partial charge in [-0.1, -0.05) is 0 Å². The minimum atomic E-state index is 0.0454. The van der Waals surface area contributed by atoms with Crippen molar-refractivity contribution in [3.8, 4) is 0 Å². The van der Waals surface area contributed by atoms with Gasteiger partial charge in [-0.2, -0.15) is 0 Å². The minimum absolute atomic E-state index is 0.0454. The number of carbonyl (C=O) groups excluding carboxylic acids is 1. The van der Waals surface area contributed by atoms with Crippen molar-refractivity contribution in [1.29, 1.82) is 0 Å². The summed E-state index contributed by atoms with van der Waals surface area (Å²) in [5.41, 5.74) is 3.36. The summed E-state index contributed by atoms with van der Waals surface area (Å²) in [6.45, 7) is 6.96. The van der Waals surface area contributed by atoms with Crippen LogP contribution in [-0.4, -0.2) is 35.6 Å². The van der Waals surface area contributed by atoms with Gasteiger partial charge in [0.2, 0.25) is 0 Å². The van der Waals surface area contributed by atoms with E-state index in [0.717, 1.165) is 33.7 Å². The van der Waals surface area contributed by atoms with E-state index in [-0.39, 0.29) is 5.91 Å². The Bertz CT molecular complexity index is 908. The van der Waals surface area contributed by atoms with Crippen LogP contribution < -0.4 is 4.90 Å². The number of nitrogens with zero attached hydrogens (tertiary/aromatic N) is 3. The maximum Gasteiger partial charge on any atom is 0.266 e. The molecule has 3 heterocycles. The van der Waals surface area contributed by atoms with Crippen LogP contribution in [0.5, 0.6) is 0 Å². The molecule has 6 heteroatoms. The van der Waals surface area contributed by atoms with E-state index in [1.807, 2.05) is 13.0 Å². The van der Waals surface area contributed by atoms with Crippen molar-refractivity contribution < 1.29 is 4.79 Å². The van der Waals surface area contributed by atoms with Crippen LogP contribution in [-0.2, 0) is 4.79 Å². The summed E-state index contributed by atoms with van der Waals surface area (Å²) in [6.07, 6.45) is 5.87. The molecule has 146 valence electrons. The van der Waals surface area contributed by atoms with Gasteiger partial charge in [-0.15, -0.1) is 11.3 Å². The molecule has 0 saturated carbocycles. The van der Waals surface area contributed by atoms with Crippen molar-refractivity contribution >= 4 is 51.6 Å². The lowest BCUT2D eigenvalue weighted by molar-refractivity contribution is -0.122. The largest absolute Gasteiger partial charge is 0.372 e. The van der Waals surface area contributed by atoms with Crippen LogP contribution in [0.2, 0.25) is 0 Å². The van der Waals surface area contributed by atoms with E-state index in [2.05, 4.69) is 47.5 Å². The van der Waals surface area contributed by atoms with Crippen LogP contribution in [0.1, 0.15) is 36.6 Å². The molecule has 0 spiro atoms. The monoisotopic (exact) mass is 411 g/mol. The number of rotatable bonds is 4. The second kappa shape index (κ2) is 8.53. The van der Waals surface area contributed by atoms with E-state index in [1.54, 1.807) is 16.2 Å². The Morgan fingerprint density at radius 1 is 1.11 bits per heavy atom. The summed E-state index contributed by atoms with van der Waals surface area (Å²) >= 11 is 3.13. The standard InChI is InChI=1S/C22H25N3OS2/c1-3-25-21(26)20(15-19-16(2)11-14-27-19)28-22(25)23-17-7-9-18(10-8-17)24-12-5-4-6-13-24/h7-11,14-15H,3-6,12-13H2,1-2H3/b20-15-,23-22?. The van der Waals surface area contributed by atoms with Crippen molar-refractivity contribution in [2.75, 3.05) is 24.5 Å². The topological polar surface area (TPSA) is 35.9 Å². The van der Waals surface area contributed by atoms with Crippen molar-refractivity contribution in [1.82, 2.24) is 4.90 Å². The Labute approximate surface area is 175 Å². The molecule has 2 aromatic rings. The summed E-state index contributed by atoms with van der Waals surface area (Å²) in [7, 11) is 0. The second-order valence-corrected chi connectivity index (χ2v) is 9.04. The average molecular weight is 412 g/mol. The lowest BCUT2D eigenvalue weighted by Crippen LogP contribution is -2.29. The van der Waals surface area contributed by atoms with E-state index in [9.17, 15) is 4.79 Å². The molecule has 28 heavy (non-hydrogen) atoms. The van der Waals surface area contributed by atoms with Gasteiger partial charge >= 0.3 is 0 Å². The third kappa shape index (κ3) is 4.03. The molecule has 4 rings (SSSR count). The van der Waals surface area contributed by atoms with Gasteiger partial charge in [0.15, 0.2) is 5.17 Å². The van der Waals surface area contributed by atoms with Crippen LogP contribution in [0, 0.1) is 6.92 Å². The second-order valence-electron chi connectivity index (χ2n) is 7.09. The molecule has 0 aliphatic carbocycles. The summed E-state index contributed by atoms with van der Waals surface area (Å²) < 4.78 is 0. The number of amidine groups is 1. The molecule has 2 fully saturated rings. The molecule has 2 saturated heterocycles. The molecule has 0 unspecified atom stereocenters. The van der Waals surface area contributed by atoms with Crippen molar-refractivity contribution in [2.45, 2.75) is 33.1 Å². The lowest BCUT2D eigenvalue weighted by atomic mass is 10.1. The number of hydrogen-bond acceptors (Lipinski definition) is 5. The fraction of sp³-hybridized carbons (Fsp3) is 0.364. The average Bonchev–Trinajstić information content (AvgIpc) is 3.26. The number of piperidine rings is 1. The number of likely N-dealkylation sites (N-methyl/N-ethyl adjacent to an activating group) is 1. The zero-order chi connectivity index (χ0) is 19.5. The first-order chi connectivity index (χ1) is 13.7. The molecule has 0 N–H and O–H groups in total. The molecule has 4 nitrogen and oxygen atoms in total. The van der Waals surface area contributed by atoms with Crippen LogP contribution >= 0.6 is 23.1 Å². The van der Waals surface area contributed by atoms with Gasteiger partial charge in [0.25, 0.3) is 5.91 Å². The van der Waals surface area contributed by atoms with E-state index >= 15 is 0 Å². The van der Waals surface area contributed by atoms with Gasteiger partial charge < -0.3 is 4.90 Å². The van der Waals surface area contributed by atoms with Crippen LogP contribution in [0.25, 0.3) is 6.08 Å². The third-order valence-corrected chi connectivity index (χ3v) is 7.14. The summed E-state index contributed by atoms with van der Waals surface area (Å²) in [6, 6.07) is 10.5. The Balaban J connectivity index is 1.55. The van der Waals surface area contributed by atoms with Gasteiger partial charge in [0, 0.05) is 30.2 Å². The van der Waals surface area contributed by atoms with Crippen LogP contribution in [0.15, 0.2) is 45.6 Å². The Kier molecular flexibility index (Phi) is 5.87. The Morgan fingerprint density at radius 2 is 1.86 bits per heavy atom. The van der Waals surface area contributed by atoms with E-state index < -0.39 is 0 Å². The number of hydrogen-bond donors (Lipinski definition) is 0. The fourth-order valence-electron chi connectivity index (χ4n) is 3.52. The van der Waals surface area contributed by atoms with E-state index in [0.29, 0.717) is 6.54 Å². The number of thioether (sulfide) groups is 1. The Hall–Kier alpha value is -2.05. The molecular formula is C22H25N3OS2. The number of aryl methyl sites for hydroxylation is 1. The van der Waals surface area contributed by atoms with Gasteiger partial charge in [-0.05, 0) is 92.2 Å². The first-order valence-electron chi connectivity index (χ1n) is 9.85. The predicted octanol–water partition coefficient (Wildman–Crippen LogP) is 5.67. The van der Waals surface area contributed by atoms with Crippen molar-refractivity contribution in [2.24, 2.45) is 4.99 Å². The molecular weight excluding hydrogens is 386 g/mol. The molecule has 1 aromatic carbocycles. The van der Waals surface area contributed by atoms with Gasteiger partial charge in [-0.3, -0.25) is 9.69 Å². The molecule has 2 aliphatic rings. The van der Waals surface area contributed by atoms with Gasteiger partial charge in [0.05, 0.1) is 10.6 Å². The number of anilines is 1. The van der Waals surface area contributed by atoms with Gasteiger partial charge in [0.1, 0.15) is 0 Å². The highest BCUT2D eigenvalue weighted by Gasteiger charge is 2.32. The summed E-state index contributed by atoms with van der Waals surface area (Å²) in [5.74, 6) is 0.0454. The maximum absolute atomic E-state index is 12.8. The normalized spacial score (nSPS) is 20.6. The SMILES string of the molecule is CCN1C(=O)/C(=C/c2sccc2C)SC1=Nc1ccc(N2CCCCC2)cc1. The number of benzene rings is 1. The fourth-order valence-corrected chi connectivity index (χ4v) is 5.50. The van der Waals surface area contributed by atoms with Gasteiger partial charge in [-0.25, -0.2) is 4.99 Å². The molecule has 1 amide bonds. The van der Waals surface area contributed by atoms with Crippen molar-refractivity contribution in [3.05, 3.63) is 51.1 Å². The number of carbonyl (C=O) groups is 1. The third-order valence-electron chi connectivity index (χ3n) is 5.16. The molecule has 0 radical (unpaired) electrons. The lowest BCUT2D eigenvalue weighted by Gasteiger charge is -2.28. The smallest absolute Gasteiger partial charge is 0.266 e. The van der Waals surface area contributed by atoms with Crippen molar-refractivity contribution in [3.63, 3.8) is 0 Å².